The van der Waals surface area contributed by atoms with Gasteiger partial charge in [-0.2, -0.15) is 0 Å². The van der Waals surface area contributed by atoms with Crippen molar-refractivity contribution >= 4 is 29.9 Å². The molecule has 134 valence electrons. The van der Waals surface area contributed by atoms with Gasteiger partial charge < -0.3 is 15.3 Å². The Balaban J connectivity index is 0.00000192. The van der Waals surface area contributed by atoms with Gasteiger partial charge >= 0.3 is 0 Å². The van der Waals surface area contributed by atoms with Crippen molar-refractivity contribution in [3.8, 4) is 0 Å². The van der Waals surface area contributed by atoms with Crippen LogP contribution in [0.1, 0.15) is 71.1 Å². The monoisotopic (exact) mass is 435 g/mol. The van der Waals surface area contributed by atoms with Crippen molar-refractivity contribution in [3.63, 3.8) is 0 Å². The molecule has 1 spiro atoms. The summed E-state index contributed by atoms with van der Waals surface area (Å²) in [7, 11) is 0. The summed E-state index contributed by atoms with van der Waals surface area (Å²) in [6.07, 6.45) is 12.3. The number of rotatable bonds is 3. The Morgan fingerprint density at radius 3 is 2.35 bits per heavy atom. The SMILES string of the molecule is CCNC(=NCC1(O)CCCCC1)N1CCC2(CCCC2)C1.I. The number of halogens is 1. The van der Waals surface area contributed by atoms with Crippen LogP contribution >= 0.6 is 24.0 Å². The standard InChI is InChI=1S/C18H33N3O.HI/c1-2-19-16(20-14-18(22)10-4-3-5-11-18)21-13-12-17(15-21)8-6-7-9-17;/h22H,2-15H2,1H3,(H,19,20);1H. The summed E-state index contributed by atoms with van der Waals surface area (Å²) in [5.41, 5.74) is 0.0155. The largest absolute Gasteiger partial charge is 0.388 e. The van der Waals surface area contributed by atoms with Crippen LogP contribution < -0.4 is 5.32 Å². The third kappa shape index (κ3) is 4.74. The van der Waals surface area contributed by atoms with Crippen molar-refractivity contribution in [2.75, 3.05) is 26.2 Å². The first-order valence-corrected chi connectivity index (χ1v) is 9.41. The highest BCUT2D eigenvalue weighted by molar-refractivity contribution is 14.0. The summed E-state index contributed by atoms with van der Waals surface area (Å²) >= 11 is 0. The summed E-state index contributed by atoms with van der Waals surface area (Å²) in [6.45, 7) is 5.90. The second kappa shape index (κ2) is 8.37. The lowest BCUT2D eigenvalue weighted by molar-refractivity contribution is 0.0130. The fourth-order valence-corrected chi connectivity index (χ4v) is 4.66. The van der Waals surface area contributed by atoms with E-state index >= 15 is 0 Å². The van der Waals surface area contributed by atoms with Crippen molar-refractivity contribution in [1.29, 1.82) is 0 Å². The zero-order valence-corrected chi connectivity index (χ0v) is 17.0. The predicted octanol–water partition coefficient (Wildman–Crippen LogP) is 3.53. The van der Waals surface area contributed by atoms with Crippen LogP contribution in [-0.4, -0.2) is 47.7 Å². The Morgan fingerprint density at radius 2 is 1.70 bits per heavy atom. The van der Waals surface area contributed by atoms with Gasteiger partial charge in [-0.15, -0.1) is 24.0 Å². The molecule has 2 saturated carbocycles. The highest BCUT2D eigenvalue weighted by Crippen LogP contribution is 2.45. The van der Waals surface area contributed by atoms with Gasteiger partial charge in [0.2, 0.25) is 0 Å². The van der Waals surface area contributed by atoms with E-state index in [0.717, 1.165) is 51.3 Å². The van der Waals surface area contributed by atoms with Crippen molar-refractivity contribution in [2.24, 2.45) is 10.4 Å². The van der Waals surface area contributed by atoms with Crippen molar-refractivity contribution in [1.82, 2.24) is 10.2 Å². The van der Waals surface area contributed by atoms with Gasteiger partial charge in [0.05, 0.1) is 12.1 Å². The third-order valence-corrected chi connectivity index (χ3v) is 6.04. The van der Waals surface area contributed by atoms with Gasteiger partial charge in [0.25, 0.3) is 0 Å². The first-order valence-electron chi connectivity index (χ1n) is 9.41. The molecule has 5 heteroatoms. The molecule has 0 unspecified atom stereocenters. The van der Waals surface area contributed by atoms with Gasteiger partial charge in [0, 0.05) is 19.6 Å². The molecule has 4 nitrogen and oxygen atoms in total. The fraction of sp³-hybridized carbons (Fsp3) is 0.944. The number of guanidine groups is 1. The summed E-state index contributed by atoms with van der Waals surface area (Å²) in [5.74, 6) is 1.03. The minimum atomic E-state index is -0.552. The van der Waals surface area contributed by atoms with E-state index in [1.807, 2.05) is 0 Å². The van der Waals surface area contributed by atoms with Gasteiger partial charge in [-0.3, -0.25) is 4.99 Å². The molecule has 2 aliphatic carbocycles. The maximum Gasteiger partial charge on any atom is 0.194 e. The topological polar surface area (TPSA) is 47.9 Å². The number of aliphatic imine (C=N–C) groups is 1. The van der Waals surface area contributed by atoms with Crippen LogP contribution in [0.15, 0.2) is 4.99 Å². The molecule has 1 saturated heterocycles. The van der Waals surface area contributed by atoms with E-state index in [9.17, 15) is 5.11 Å². The molecule has 1 aliphatic heterocycles. The first-order chi connectivity index (χ1) is 10.6. The highest BCUT2D eigenvalue weighted by atomic mass is 127. The summed E-state index contributed by atoms with van der Waals surface area (Å²) in [5, 5.41) is 14.1. The molecule has 3 fully saturated rings. The number of aliphatic hydroxyl groups is 1. The Labute approximate surface area is 158 Å². The van der Waals surface area contributed by atoms with E-state index in [2.05, 4.69) is 17.1 Å². The number of likely N-dealkylation sites (tertiary alicyclic amines) is 1. The maximum atomic E-state index is 10.7. The second-order valence-corrected chi connectivity index (χ2v) is 7.83. The Morgan fingerprint density at radius 1 is 1.04 bits per heavy atom. The minimum absolute atomic E-state index is 0. The van der Waals surface area contributed by atoms with Gasteiger partial charge in [0.1, 0.15) is 0 Å². The minimum Gasteiger partial charge on any atom is -0.388 e. The number of hydrogen-bond acceptors (Lipinski definition) is 2. The first kappa shape index (κ1) is 19.3. The van der Waals surface area contributed by atoms with Gasteiger partial charge in [-0.05, 0) is 44.4 Å². The quantitative estimate of drug-likeness (QED) is 0.405. The van der Waals surface area contributed by atoms with Crippen LogP contribution in [0.4, 0.5) is 0 Å². The molecular weight excluding hydrogens is 401 g/mol. The van der Waals surface area contributed by atoms with Crippen molar-refractivity contribution in [3.05, 3.63) is 0 Å². The Bertz CT molecular complexity index is 401. The lowest BCUT2D eigenvalue weighted by Gasteiger charge is -2.31. The van der Waals surface area contributed by atoms with Crippen LogP contribution in [0.25, 0.3) is 0 Å². The second-order valence-electron chi connectivity index (χ2n) is 7.83. The van der Waals surface area contributed by atoms with E-state index in [1.165, 1.54) is 38.5 Å². The van der Waals surface area contributed by atoms with Crippen molar-refractivity contribution < 1.29 is 5.11 Å². The van der Waals surface area contributed by atoms with E-state index in [0.29, 0.717) is 12.0 Å². The Kier molecular flexibility index (Phi) is 7.01. The van der Waals surface area contributed by atoms with E-state index in [-0.39, 0.29) is 24.0 Å². The van der Waals surface area contributed by atoms with Gasteiger partial charge in [0.15, 0.2) is 5.96 Å². The summed E-state index contributed by atoms with van der Waals surface area (Å²) in [6, 6.07) is 0. The van der Waals surface area contributed by atoms with Gasteiger partial charge in [-0.25, -0.2) is 0 Å². The van der Waals surface area contributed by atoms with E-state index < -0.39 is 5.60 Å². The van der Waals surface area contributed by atoms with Crippen LogP contribution in [-0.2, 0) is 0 Å². The average Bonchev–Trinajstić information content (AvgIpc) is 3.15. The molecule has 0 radical (unpaired) electrons. The molecular formula is C18H34IN3O. The predicted molar refractivity (Wildman–Crippen MR) is 107 cm³/mol. The molecule has 0 atom stereocenters. The molecule has 0 aromatic rings. The Hall–Kier alpha value is -0.0400. The zero-order chi connectivity index (χ0) is 15.5. The lowest BCUT2D eigenvalue weighted by Crippen LogP contribution is -2.43. The van der Waals surface area contributed by atoms with Crippen LogP contribution in [0.2, 0.25) is 0 Å². The smallest absolute Gasteiger partial charge is 0.194 e. The summed E-state index contributed by atoms with van der Waals surface area (Å²) in [4.78, 5) is 7.27. The molecule has 3 rings (SSSR count). The number of nitrogens with zero attached hydrogens (tertiary/aromatic N) is 2. The molecule has 2 N–H and O–H groups in total. The van der Waals surface area contributed by atoms with Gasteiger partial charge in [-0.1, -0.05) is 32.1 Å². The van der Waals surface area contributed by atoms with Crippen LogP contribution in [0, 0.1) is 5.41 Å². The molecule has 0 aromatic carbocycles. The van der Waals surface area contributed by atoms with Crippen molar-refractivity contribution in [2.45, 2.75) is 76.7 Å². The molecule has 3 aliphatic rings. The van der Waals surface area contributed by atoms with Crippen LogP contribution in [0.3, 0.4) is 0 Å². The third-order valence-electron chi connectivity index (χ3n) is 6.04. The molecule has 0 aromatic heterocycles. The molecule has 1 heterocycles. The van der Waals surface area contributed by atoms with Crippen LogP contribution in [0.5, 0.6) is 0 Å². The maximum absolute atomic E-state index is 10.7. The van der Waals surface area contributed by atoms with E-state index in [4.69, 9.17) is 4.99 Å². The zero-order valence-electron chi connectivity index (χ0n) is 14.6. The highest BCUT2D eigenvalue weighted by Gasteiger charge is 2.41. The normalized spacial score (nSPS) is 26.3. The molecule has 0 amide bonds. The number of nitrogens with one attached hydrogen (secondary N) is 1. The van der Waals surface area contributed by atoms with E-state index in [1.54, 1.807) is 0 Å². The molecule has 23 heavy (non-hydrogen) atoms. The lowest BCUT2D eigenvalue weighted by atomic mass is 9.85. The average molecular weight is 435 g/mol. The molecule has 0 bridgehead atoms. The number of hydrogen-bond donors (Lipinski definition) is 2. The fourth-order valence-electron chi connectivity index (χ4n) is 4.66. The summed E-state index contributed by atoms with van der Waals surface area (Å²) < 4.78 is 0.